The highest BCUT2D eigenvalue weighted by atomic mass is 32.2. The van der Waals surface area contributed by atoms with E-state index in [1.54, 1.807) is 4.31 Å². The zero-order valence-electron chi connectivity index (χ0n) is 12.0. The summed E-state index contributed by atoms with van der Waals surface area (Å²) in [5.74, 6) is 0.230. The number of hydrogen-bond acceptors (Lipinski definition) is 4. The van der Waals surface area contributed by atoms with Gasteiger partial charge in [0, 0.05) is 25.7 Å². The van der Waals surface area contributed by atoms with E-state index in [9.17, 15) is 8.42 Å². The van der Waals surface area contributed by atoms with Crippen LogP contribution < -0.4 is 5.32 Å². The van der Waals surface area contributed by atoms with Crippen LogP contribution in [-0.2, 0) is 10.0 Å². The van der Waals surface area contributed by atoms with Crippen LogP contribution in [-0.4, -0.2) is 68.7 Å². The molecule has 19 heavy (non-hydrogen) atoms. The number of nitrogens with zero attached hydrogens (tertiary/aromatic N) is 2. The van der Waals surface area contributed by atoms with Crippen molar-refractivity contribution in [3.63, 3.8) is 0 Å². The lowest BCUT2D eigenvalue weighted by molar-refractivity contribution is 0.169. The van der Waals surface area contributed by atoms with Gasteiger partial charge in [-0.15, -0.1) is 0 Å². The van der Waals surface area contributed by atoms with Crippen molar-refractivity contribution in [2.24, 2.45) is 0 Å². The van der Waals surface area contributed by atoms with E-state index in [-0.39, 0.29) is 5.75 Å². The van der Waals surface area contributed by atoms with Gasteiger partial charge in [0.2, 0.25) is 10.0 Å². The standard InChI is InChI=1S/C13H27N3O2S/c1-2-14-7-11-19(17,18)16-10-6-13(12-16)15-8-4-3-5-9-15/h13-14H,2-12H2,1H3. The second-order valence-corrected chi connectivity index (χ2v) is 7.66. The Hall–Kier alpha value is -0.170. The van der Waals surface area contributed by atoms with Crippen LogP contribution in [0.25, 0.3) is 0 Å². The second-order valence-electron chi connectivity index (χ2n) is 5.57. The zero-order valence-corrected chi connectivity index (χ0v) is 12.8. The number of piperidine rings is 1. The Labute approximate surface area is 117 Å². The summed E-state index contributed by atoms with van der Waals surface area (Å²) in [6, 6.07) is 0.453. The molecule has 1 unspecified atom stereocenters. The van der Waals surface area contributed by atoms with Crippen molar-refractivity contribution in [1.29, 1.82) is 0 Å². The van der Waals surface area contributed by atoms with Gasteiger partial charge in [0.1, 0.15) is 0 Å². The minimum absolute atomic E-state index is 0.230. The highest BCUT2D eigenvalue weighted by molar-refractivity contribution is 7.89. The molecule has 0 aromatic heterocycles. The zero-order chi connectivity index (χ0) is 13.7. The molecule has 2 fully saturated rings. The van der Waals surface area contributed by atoms with Crippen molar-refractivity contribution in [3.8, 4) is 0 Å². The maximum atomic E-state index is 12.2. The Kier molecular flexibility index (Phi) is 5.62. The Morgan fingerprint density at radius 1 is 1.16 bits per heavy atom. The SMILES string of the molecule is CCNCCS(=O)(=O)N1CCC(N2CCCCC2)C1. The summed E-state index contributed by atoms with van der Waals surface area (Å²) in [5, 5.41) is 3.09. The van der Waals surface area contributed by atoms with Crippen LogP contribution in [0, 0.1) is 0 Å². The summed E-state index contributed by atoms with van der Waals surface area (Å²) >= 11 is 0. The maximum Gasteiger partial charge on any atom is 0.215 e. The van der Waals surface area contributed by atoms with Gasteiger partial charge in [0.15, 0.2) is 0 Å². The van der Waals surface area contributed by atoms with Gasteiger partial charge in [0.05, 0.1) is 5.75 Å². The van der Waals surface area contributed by atoms with Crippen molar-refractivity contribution >= 4 is 10.0 Å². The molecule has 1 atom stereocenters. The van der Waals surface area contributed by atoms with Gasteiger partial charge in [-0.25, -0.2) is 12.7 Å². The molecule has 0 radical (unpaired) electrons. The summed E-state index contributed by atoms with van der Waals surface area (Å²) in [6.45, 7) is 7.08. The molecule has 6 heteroatoms. The van der Waals surface area contributed by atoms with Crippen molar-refractivity contribution in [2.45, 2.75) is 38.6 Å². The number of sulfonamides is 1. The molecule has 5 nitrogen and oxygen atoms in total. The van der Waals surface area contributed by atoms with Crippen molar-refractivity contribution in [2.75, 3.05) is 45.0 Å². The highest BCUT2D eigenvalue weighted by Gasteiger charge is 2.34. The Balaban J connectivity index is 1.83. The monoisotopic (exact) mass is 289 g/mol. The second kappa shape index (κ2) is 7.02. The third-order valence-corrected chi connectivity index (χ3v) is 6.05. The molecule has 2 saturated heterocycles. The van der Waals surface area contributed by atoms with E-state index in [4.69, 9.17) is 0 Å². The smallest absolute Gasteiger partial charge is 0.215 e. The summed E-state index contributed by atoms with van der Waals surface area (Å²) in [4.78, 5) is 2.49. The predicted molar refractivity (Wildman–Crippen MR) is 77.7 cm³/mol. The number of hydrogen-bond donors (Lipinski definition) is 1. The highest BCUT2D eigenvalue weighted by Crippen LogP contribution is 2.22. The van der Waals surface area contributed by atoms with Crippen molar-refractivity contribution in [3.05, 3.63) is 0 Å². The van der Waals surface area contributed by atoms with Gasteiger partial charge >= 0.3 is 0 Å². The van der Waals surface area contributed by atoms with Gasteiger partial charge in [-0.2, -0.15) is 0 Å². The Bertz CT molecular complexity index is 366. The lowest BCUT2D eigenvalue weighted by atomic mass is 10.1. The van der Waals surface area contributed by atoms with Gasteiger partial charge in [-0.3, -0.25) is 4.90 Å². The fourth-order valence-electron chi connectivity index (χ4n) is 3.05. The van der Waals surface area contributed by atoms with Crippen LogP contribution in [0.15, 0.2) is 0 Å². The molecular formula is C13H27N3O2S. The molecule has 2 aliphatic rings. The van der Waals surface area contributed by atoms with E-state index >= 15 is 0 Å². The van der Waals surface area contributed by atoms with E-state index < -0.39 is 10.0 Å². The van der Waals surface area contributed by atoms with Crippen LogP contribution in [0.3, 0.4) is 0 Å². The first-order chi connectivity index (χ1) is 9.13. The third-order valence-electron chi connectivity index (χ3n) is 4.21. The number of likely N-dealkylation sites (tertiary alicyclic amines) is 1. The first-order valence-electron chi connectivity index (χ1n) is 7.56. The molecule has 2 heterocycles. The van der Waals surface area contributed by atoms with Crippen LogP contribution >= 0.6 is 0 Å². The van der Waals surface area contributed by atoms with Crippen LogP contribution in [0.5, 0.6) is 0 Å². The van der Waals surface area contributed by atoms with Gasteiger partial charge in [0.25, 0.3) is 0 Å². The summed E-state index contributed by atoms with van der Waals surface area (Å²) in [5.41, 5.74) is 0. The number of rotatable bonds is 6. The van der Waals surface area contributed by atoms with Crippen LogP contribution in [0.1, 0.15) is 32.6 Å². The molecular weight excluding hydrogens is 262 g/mol. The lowest BCUT2D eigenvalue weighted by Crippen LogP contribution is -2.42. The van der Waals surface area contributed by atoms with Crippen molar-refractivity contribution in [1.82, 2.24) is 14.5 Å². The van der Waals surface area contributed by atoms with Crippen LogP contribution in [0.4, 0.5) is 0 Å². The minimum Gasteiger partial charge on any atom is -0.316 e. The molecule has 2 rings (SSSR count). The molecule has 2 aliphatic heterocycles. The van der Waals surface area contributed by atoms with E-state index in [1.165, 1.54) is 19.3 Å². The topological polar surface area (TPSA) is 52.7 Å². The average molecular weight is 289 g/mol. The van der Waals surface area contributed by atoms with Gasteiger partial charge in [-0.1, -0.05) is 13.3 Å². The molecule has 0 aromatic rings. The van der Waals surface area contributed by atoms with E-state index in [2.05, 4.69) is 10.2 Å². The number of nitrogens with one attached hydrogen (secondary N) is 1. The van der Waals surface area contributed by atoms with E-state index in [0.717, 1.165) is 26.1 Å². The Morgan fingerprint density at radius 2 is 1.89 bits per heavy atom. The fourth-order valence-corrected chi connectivity index (χ4v) is 4.50. The van der Waals surface area contributed by atoms with E-state index in [1.807, 2.05) is 6.92 Å². The molecule has 0 amide bonds. The molecule has 0 bridgehead atoms. The van der Waals surface area contributed by atoms with Crippen molar-refractivity contribution < 1.29 is 8.42 Å². The molecule has 112 valence electrons. The molecule has 0 saturated carbocycles. The lowest BCUT2D eigenvalue weighted by Gasteiger charge is -2.32. The van der Waals surface area contributed by atoms with Gasteiger partial charge < -0.3 is 5.32 Å². The molecule has 1 N–H and O–H groups in total. The maximum absolute atomic E-state index is 12.2. The summed E-state index contributed by atoms with van der Waals surface area (Å²) in [6.07, 6.45) is 4.86. The largest absolute Gasteiger partial charge is 0.316 e. The quantitative estimate of drug-likeness (QED) is 0.723. The average Bonchev–Trinajstić information content (AvgIpc) is 2.90. The third kappa shape index (κ3) is 4.15. The molecule has 0 aromatic carbocycles. The van der Waals surface area contributed by atoms with Gasteiger partial charge in [-0.05, 0) is 38.9 Å². The minimum atomic E-state index is -3.06. The molecule has 0 aliphatic carbocycles. The first-order valence-corrected chi connectivity index (χ1v) is 9.17. The summed E-state index contributed by atoms with van der Waals surface area (Å²) < 4.78 is 26.1. The fraction of sp³-hybridized carbons (Fsp3) is 1.00. The summed E-state index contributed by atoms with van der Waals surface area (Å²) in [7, 11) is -3.06. The van der Waals surface area contributed by atoms with E-state index in [0.29, 0.717) is 25.7 Å². The Morgan fingerprint density at radius 3 is 2.58 bits per heavy atom. The normalized spacial score (nSPS) is 26.9. The predicted octanol–water partition coefficient (Wildman–Crippen LogP) is 0.486. The molecule has 0 spiro atoms. The van der Waals surface area contributed by atoms with Crippen LogP contribution in [0.2, 0.25) is 0 Å². The first kappa shape index (κ1) is 15.2.